The molecule has 33 heavy (non-hydrogen) atoms. The molecule has 2 atom stereocenters. The number of hydrogen-bond donors (Lipinski definition) is 2. The lowest BCUT2D eigenvalue weighted by atomic mass is 9.73. The molecule has 5 rings (SSSR count). The largest absolute Gasteiger partial charge is 0.390 e. The number of alkyl halides is 1. The lowest BCUT2D eigenvalue weighted by Gasteiger charge is -2.41. The zero-order chi connectivity index (χ0) is 23.0. The van der Waals surface area contributed by atoms with Crippen LogP contribution in [-0.2, 0) is 11.3 Å². The van der Waals surface area contributed by atoms with E-state index >= 15 is 0 Å². The number of hydrogen-bond acceptors (Lipinski definition) is 9. The summed E-state index contributed by atoms with van der Waals surface area (Å²) in [5.74, 6) is 1.66. The molecule has 0 radical (unpaired) electrons. The van der Waals surface area contributed by atoms with Gasteiger partial charge in [0.15, 0.2) is 5.82 Å². The van der Waals surface area contributed by atoms with Crippen LogP contribution in [0.3, 0.4) is 0 Å². The van der Waals surface area contributed by atoms with Gasteiger partial charge in [0, 0.05) is 49.8 Å². The maximum atomic E-state index is 12.9. The summed E-state index contributed by atoms with van der Waals surface area (Å²) in [6.07, 6.45) is 5.48. The zero-order valence-corrected chi connectivity index (χ0v) is 19.7. The molecule has 0 amide bonds. The number of anilines is 2. The van der Waals surface area contributed by atoms with Crippen molar-refractivity contribution in [2.45, 2.75) is 48.4 Å². The molecule has 2 aromatic heterocycles. The molecule has 0 aromatic carbocycles. The molecule has 0 saturated carbocycles. The van der Waals surface area contributed by atoms with Crippen molar-refractivity contribution in [1.82, 2.24) is 15.0 Å². The molecule has 0 unspecified atom stereocenters. The fraction of sp³-hybridized carbons (Fsp3) is 0.609. The third-order valence-electron chi connectivity index (χ3n) is 7.30. The van der Waals surface area contributed by atoms with Crippen LogP contribution in [0.2, 0.25) is 0 Å². The molecule has 10 heteroatoms. The Labute approximate surface area is 197 Å². The van der Waals surface area contributed by atoms with Gasteiger partial charge in [-0.25, -0.2) is 15.0 Å². The van der Waals surface area contributed by atoms with Gasteiger partial charge >= 0.3 is 0 Å². The van der Waals surface area contributed by atoms with Crippen molar-refractivity contribution in [3.63, 3.8) is 0 Å². The van der Waals surface area contributed by atoms with Crippen molar-refractivity contribution in [1.29, 1.82) is 0 Å². The highest BCUT2D eigenvalue weighted by molar-refractivity contribution is 7.99. The van der Waals surface area contributed by atoms with Crippen molar-refractivity contribution in [2.75, 3.05) is 49.3 Å². The Morgan fingerprint density at radius 3 is 2.70 bits per heavy atom. The predicted octanol–water partition coefficient (Wildman–Crippen LogP) is 2.25. The Kier molecular flexibility index (Phi) is 6.43. The van der Waals surface area contributed by atoms with Gasteiger partial charge < -0.3 is 25.4 Å². The number of halogens is 1. The summed E-state index contributed by atoms with van der Waals surface area (Å²) in [7, 11) is 0. The van der Waals surface area contributed by atoms with E-state index in [9.17, 15) is 9.50 Å². The second-order valence-corrected chi connectivity index (χ2v) is 10.4. The minimum absolute atomic E-state index is 0.0350. The molecule has 8 nitrogen and oxygen atoms in total. The molecule has 3 fully saturated rings. The molecule has 3 aliphatic rings. The van der Waals surface area contributed by atoms with E-state index in [0.29, 0.717) is 30.4 Å². The maximum Gasteiger partial charge on any atom is 0.152 e. The quantitative estimate of drug-likeness (QED) is 0.653. The first-order valence-corrected chi connectivity index (χ1v) is 12.4. The van der Waals surface area contributed by atoms with Gasteiger partial charge in [-0.15, -0.1) is 0 Å². The first kappa shape index (κ1) is 22.8. The lowest BCUT2D eigenvalue weighted by molar-refractivity contribution is 0.0973. The number of piperidine rings is 1. The van der Waals surface area contributed by atoms with Crippen molar-refractivity contribution < 1.29 is 14.2 Å². The number of ether oxygens (including phenoxy) is 1. The normalized spacial score (nSPS) is 25.0. The van der Waals surface area contributed by atoms with Crippen LogP contribution in [-0.4, -0.2) is 71.7 Å². The molecular formula is C23H31FN6O2S. The average molecular weight is 475 g/mol. The van der Waals surface area contributed by atoms with Gasteiger partial charge in [0.25, 0.3) is 0 Å². The van der Waals surface area contributed by atoms with Gasteiger partial charge in [-0.2, -0.15) is 0 Å². The second-order valence-electron chi connectivity index (χ2n) is 9.38. The Hall–Kier alpha value is -2.01. The maximum absolute atomic E-state index is 12.9. The molecule has 2 aromatic rings. The van der Waals surface area contributed by atoms with Gasteiger partial charge in [0.05, 0.1) is 37.1 Å². The summed E-state index contributed by atoms with van der Waals surface area (Å²) in [6, 6.07) is 3.93. The van der Waals surface area contributed by atoms with Crippen LogP contribution in [0.25, 0.3) is 0 Å². The van der Waals surface area contributed by atoms with Crippen LogP contribution in [0, 0.1) is 11.3 Å². The summed E-state index contributed by atoms with van der Waals surface area (Å²) in [6.45, 7) is 5.27. The molecule has 5 heterocycles. The third kappa shape index (κ3) is 4.29. The van der Waals surface area contributed by atoms with Gasteiger partial charge in [0.2, 0.25) is 0 Å². The van der Waals surface area contributed by atoms with Crippen molar-refractivity contribution >= 4 is 23.4 Å². The van der Waals surface area contributed by atoms with Crippen LogP contribution >= 0.6 is 11.8 Å². The van der Waals surface area contributed by atoms with Gasteiger partial charge in [0.1, 0.15) is 16.5 Å². The molecule has 0 bridgehead atoms. The molecule has 3 N–H and O–H groups in total. The molecule has 3 saturated heterocycles. The van der Waals surface area contributed by atoms with Crippen LogP contribution in [0.5, 0.6) is 0 Å². The van der Waals surface area contributed by atoms with Crippen LogP contribution in [0.15, 0.2) is 34.4 Å². The van der Waals surface area contributed by atoms with E-state index in [1.165, 1.54) is 11.8 Å². The summed E-state index contributed by atoms with van der Waals surface area (Å²) in [5, 5.41) is 10.7. The van der Waals surface area contributed by atoms with E-state index < -0.39 is 0 Å². The number of pyridine rings is 1. The van der Waals surface area contributed by atoms with Crippen LogP contribution < -0.4 is 15.5 Å². The van der Waals surface area contributed by atoms with Crippen molar-refractivity contribution in [3.05, 3.63) is 30.2 Å². The summed E-state index contributed by atoms with van der Waals surface area (Å²) in [4.78, 5) is 19.1. The number of rotatable bonds is 6. The molecule has 0 aliphatic carbocycles. The van der Waals surface area contributed by atoms with Crippen molar-refractivity contribution in [2.24, 2.45) is 17.1 Å². The molecule has 1 spiro atoms. The Balaban J connectivity index is 1.29. The highest BCUT2D eigenvalue weighted by Crippen LogP contribution is 2.42. The number of nitrogens with zero attached hydrogens (tertiary/aromatic N) is 5. The minimum Gasteiger partial charge on any atom is -0.390 e. The van der Waals surface area contributed by atoms with E-state index in [1.54, 1.807) is 12.4 Å². The fourth-order valence-corrected chi connectivity index (χ4v) is 6.02. The summed E-state index contributed by atoms with van der Waals surface area (Å²) >= 11 is 1.47. The van der Waals surface area contributed by atoms with E-state index in [4.69, 9.17) is 15.5 Å². The first-order chi connectivity index (χ1) is 16.0. The molecule has 3 aliphatic heterocycles. The highest BCUT2D eigenvalue weighted by Gasteiger charge is 2.47. The van der Waals surface area contributed by atoms with Gasteiger partial charge in [-0.05, 0) is 31.9 Å². The third-order valence-corrected chi connectivity index (χ3v) is 8.24. The molecule has 178 valence electrons. The number of aromatic nitrogens is 3. The average Bonchev–Trinajstić information content (AvgIpc) is 3.08. The van der Waals surface area contributed by atoms with Crippen LogP contribution in [0.4, 0.5) is 16.0 Å². The monoisotopic (exact) mass is 474 g/mol. The Morgan fingerprint density at radius 2 is 2.03 bits per heavy atom. The smallest absolute Gasteiger partial charge is 0.152 e. The fourth-order valence-electron chi connectivity index (χ4n) is 5.11. The SMILES string of the molecule is C[C@@H]1OCC2(CCN(c3ncc(Sc4cccnc4N4CC(CF)C4)nc3CO)CC2)[C@@H]1N. The van der Waals surface area contributed by atoms with E-state index in [-0.39, 0.29) is 36.8 Å². The Morgan fingerprint density at radius 1 is 1.24 bits per heavy atom. The van der Waals surface area contributed by atoms with E-state index in [1.807, 2.05) is 19.1 Å². The molecular weight excluding hydrogens is 443 g/mol. The summed E-state index contributed by atoms with van der Waals surface area (Å²) < 4.78 is 18.7. The highest BCUT2D eigenvalue weighted by atomic mass is 32.2. The van der Waals surface area contributed by atoms with E-state index in [2.05, 4.69) is 19.8 Å². The van der Waals surface area contributed by atoms with Crippen LogP contribution in [0.1, 0.15) is 25.5 Å². The number of aliphatic hydroxyl groups is 1. The number of nitrogens with two attached hydrogens (primary N) is 1. The van der Waals surface area contributed by atoms with Gasteiger partial charge in [-0.3, -0.25) is 4.39 Å². The zero-order valence-electron chi connectivity index (χ0n) is 18.9. The predicted molar refractivity (Wildman–Crippen MR) is 125 cm³/mol. The topological polar surface area (TPSA) is 101 Å². The standard InChI is InChI=1S/C23H31FN6O2S/c1-15-20(25)23(14-32-15)4-7-29(8-5-23)21-17(13-31)28-19(10-27-21)33-18-3-2-6-26-22(18)30-11-16(9-24)12-30/h2-3,6,10,15-16,20,31H,4-5,7-9,11-14,25H2,1H3/t15-,20+/m0/s1. The van der Waals surface area contributed by atoms with E-state index in [0.717, 1.165) is 42.5 Å². The first-order valence-electron chi connectivity index (χ1n) is 11.6. The summed E-state index contributed by atoms with van der Waals surface area (Å²) in [5.41, 5.74) is 7.05. The second kappa shape index (κ2) is 9.32. The van der Waals surface area contributed by atoms with Crippen molar-refractivity contribution in [3.8, 4) is 0 Å². The Bertz CT molecular complexity index is 983. The number of aliphatic hydroxyl groups excluding tert-OH is 1. The lowest BCUT2D eigenvalue weighted by Crippen LogP contribution is -2.51. The minimum atomic E-state index is -0.297. The van der Waals surface area contributed by atoms with Gasteiger partial charge in [-0.1, -0.05) is 11.8 Å².